The summed E-state index contributed by atoms with van der Waals surface area (Å²) in [4.78, 5) is 4.43. The molecule has 4 rings (SSSR count). The van der Waals surface area contributed by atoms with Crippen molar-refractivity contribution in [1.82, 2.24) is 9.55 Å². The second-order valence-electron chi connectivity index (χ2n) is 6.42. The largest absolute Gasteiger partial charge is 0.457 e. The fourth-order valence-electron chi connectivity index (χ4n) is 3.29. The van der Waals surface area contributed by atoms with Crippen molar-refractivity contribution in [1.29, 1.82) is 0 Å². The Morgan fingerprint density at radius 1 is 1.04 bits per heavy atom. The number of hydrogen-bond acceptors (Lipinski definition) is 3. The average Bonchev–Trinajstić information content (AvgIpc) is 3.27. The Labute approximate surface area is 146 Å². The van der Waals surface area contributed by atoms with Gasteiger partial charge in [0, 0.05) is 12.6 Å². The molecule has 1 aliphatic carbocycles. The molecular weight excluding hydrogens is 319 g/mol. The number of nitrogens with zero attached hydrogens (tertiary/aromatic N) is 2. The van der Waals surface area contributed by atoms with Gasteiger partial charge in [-0.1, -0.05) is 12.8 Å². The Balaban J connectivity index is 1.46. The van der Waals surface area contributed by atoms with Crippen LogP contribution in [0.4, 0.5) is 4.39 Å². The molecule has 0 aliphatic heterocycles. The molecule has 1 saturated carbocycles. The molecule has 1 fully saturated rings. The topological polar surface area (TPSA) is 36.3 Å². The van der Waals surface area contributed by atoms with E-state index in [2.05, 4.69) is 9.55 Å². The Morgan fingerprint density at radius 3 is 2.60 bits per heavy atom. The molecule has 0 unspecified atom stereocenters. The maximum atomic E-state index is 13.0. The van der Waals surface area contributed by atoms with Crippen LogP contribution in [0.25, 0.3) is 11.0 Å². The van der Waals surface area contributed by atoms with Gasteiger partial charge in [0.15, 0.2) is 0 Å². The van der Waals surface area contributed by atoms with Gasteiger partial charge in [0.25, 0.3) is 0 Å². The lowest BCUT2D eigenvalue weighted by Crippen LogP contribution is -2.12. The van der Waals surface area contributed by atoms with Gasteiger partial charge in [-0.2, -0.15) is 0 Å². The minimum absolute atomic E-state index is 0.275. The van der Waals surface area contributed by atoms with Crippen LogP contribution in [-0.4, -0.2) is 22.3 Å². The first-order valence-electron chi connectivity index (χ1n) is 8.78. The molecular formula is C20H21FN2O2. The van der Waals surface area contributed by atoms with E-state index in [0.717, 1.165) is 17.6 Å². The number of aromatic nitrogens is 2. The second-order valence-corrected chi connectivity index (χ2v) is 6.42. The molecule has 0 N–H and O–H groups in total. The Bertz CT molecular complexity index is 839. The third-order valence-electron chi connectivity index (χ3n) is 4.63. The summed E-state index contributed by atoms with van der Waals surface area (Å²) < 4.78 is 26.8. The van der Waals surface area contributed by atoms with Crippen LogP contribution >= 0.6 is 0 Å². The highest BCUT2D eigenvalue weighted by Gasteiger charge is 2.15. The van der Waals surface area contributed by atoms with Crippen molar-refractivity contribution in [2.75, 3.05) is 6.61 Å². The molecule has 2 aromatic carbocycles. The van der Waals surface area contributed by atoms with Gasteiger partial charge in [0.05, 0.1) is 30.1 Å². The molecule has 130 valence electrons. The van der Waals surface area contributed by atoms with Crippen LogP contribution in [0.3, 0.4) is 0 Å². The van der Waals surface area contributed by atoms with E-state index in [-0.39, 0.29) is 5.82 Å². The van der Waals surface area contributed by atoms with Gasteiger partial charge >= 0.3 is 0 Å². The molecule has 1 aromatic heterocycles. The van der Waals surface area contributed by atoms with Crippen LogP contribution in [0.15, 0.2) is 48.8 Å². The van der Waals surface area contributed by atoms with E-state index >= 15 is 0 Å². The lowest BCUT2D eigenvalue weighted by atomic mass is 10.3. The van der Waals surface area contributed by atoms with Crippen LogP contribution < -0.4 is 4.74 Å². The zero-order valence-corrected chi connectivity index (χ0v) is 14.0. The zero-order chi connectivity index (χ0) is 17.1. The molecule has 0 bridgehead atoms. The quantitative estimate of drug-likeness (QED) is 0.638. The highest BCUT2D eigenvalue weighted by molar-refractivity contribution is 5.77. The number of rotatable bonds is 6. The highest BCUT2D eigenvalue weighted by Crippen LogP contribution is 2.26. The normalized spacial score (nSPS) is 15.1. The van der Waals surface area contributed by atoms with Crippen LogP contribution in [0.5, 0.6) is 11.5 Å². The molecule has 1 aliphatic rings. The smallest absolute Gasteiger partial charge is 0.129 e. The Kier molecular flexibility index (Phi) is 4.65. The Hall–Kier alpha value is -2.40. The maximum Gasteiger partial charge on any atom is 0.129 e. The summed E-state index contributed by atoms with van der Waals surface area (Å²) in [5, 5.41) is 0. The molecule has 0 spiro atoms. The molecule has 5 heteroatoms. The van der Waals surface area contributed by atoms with Crippen molar-refractivity contribution in [3.05, 3.63) is 54.6 Å². The number of hydrogen-bond donors (Lipinski definition) is 0. The summed E-state index contributed by atoms with van der Waals surface area (Å²) in [6.07, 6.45) is 7.18. The van der Waals surface area contributed by atoms with Crippen molar-refractivity contribution in [2.24, 2.45) is 0 Å². The van der Waals surface area contributed by atoms with Crippen molar-refractivity contribution >= 4 is 11.0 Å². The van der Waals surface area contributed by atoms with E-state index in [1.165, 1.54) is 37.8 Å². The standard InChI is InChI=1S/C20H21FN2O2/c21-15-5-7-17(8-6-15)25-18-9-10-19-20(13-18)23(14-22-19)11-12-24-16-3-1-2-4-16/h5-10,13-14,16H,1-4,11-12H2. The lowest BCUT2D eigenvalue weighted by molar-refractivity contribution is 0.0534. The molecule has 3 aromatic rings. The number of fused-ring (bicyclic) bond motifs is 1. The first kappa shape index (κ1) is 16.1. The summed E-state index contributed by atoms with van der Waals surface area (Å²) in [7, 11) is 0. The molecule has 0 amide bonds. The van der Waals surface area contributed by atoms with Crippen molar-refractivity contribution in [3.63, 3.8) is 0 Å². The average molecular weight is 340 g/mol. The predicted octanol–water partition coefficient (Wildman–Crippen LogP) is 4.93. The van der Waals surface area contributed by atoms with Crippen LogP contribution in [-0.2, 0) is 11.3 Å². The van der Waals surface area contributed by atoms with E-state index in [0.29, 0.717) is 24.2 Å². The van der Waals surface area contributed by atoms with E-state index in [1.54, 1.807) is 12.1 Å². The maximum absolute atomic E-state index is 13.0. The van der Waals surface area contributed by atoms with Crippen molar-refractivity contribution in [2.45, 2.75) is 38.3 Å². The van der Waals surface area contributed by atoms with Gasteiger partial charge in [-0.25, -0.2) is 9.37 Å². The van der Waals surface area contributed by atoms with Gasteiger partial charge in [-0.05, 0) is 49.2 Å². The summed E-state index contributed by atoms with van der Waals surface area (Å²) in [6.45, 7) is 1.46. The summed E-state index contributed by atoms with van der Waals surface area (Å²) in [5.41, 5.74) is 1.93. The third kappa shape index (κ3) is 3.82. The van der Waals surface area contributed by atoms with Gasteiger partial charge in [-0.15, -0.1) is 0 Å². The van der Waals surface area contributed by atoms with Crippen LogP contribution in [0.2, 0.25) is 0 Å². The van der Waals surface area contributed by atoms with E-state index < -0.39 is 0 Å². The number of imidazole rings is 1. The fraction of sp³-hybridized carbons (Fsp3) is 0.350. The van der Waals surface area contributed by atoms with Crippen molar-refractivity contribution < 1.29 is 13.9 Å². The number of benzene rings is 2. The molecule has 0 atom stereocenters. The first-order valence-corrected chi connectivity index (χ1v) is 8.78. The van der Waals surface area contributed by atoms with Gasteiger partial charge < -0.3 is 14.0 Å². The summed E-state index contributed by atoms with van der Waals surface area (Å²) in [6, 6.07) is 11.8. The van der Waals surface area contributed by atoms with E-state index in [9.17, 15) is 4.39 Å². The van der Waals surface area contributed by atoms with E-state index in [4.69, 9.17) is 9.47 Å². The number of ether oxygens (including phenoxy) is 2. The van der Waals surface area contributed by atoms with Crippen LogP contribution in [0.1, 0.15) is 25.7 Å². The molecule has 4 nitrogen and oxygen atoms in total. The third-order valence-corrected chi connectivity index (χ3v) is 4.63. The van der Waals surface area contributed by atoms with E-state index in [1.807, 2.05) is 24.5 Å². The Morgan fingerprint density at radius 2 is 1.80 bits per heavy atom. The molecule has 0 saturated heterocycles. The van der Waals surface area contributed by atoms with Crippen molar-refractivity contribution in [3.8, 4) is 11.5 Å². The fourth-order valence-corrected chi connectivity index (χ4v) is 3.29. The molecule has 0 radical (unpaired) electrons. The summed E-state index contributed by atoms with van der Waals surface area (Å²) in [5.74, 6) is 1.04. The summed E-state index contributed by atoms with van der Waals surface area (Å²) >= 11 is 0. The molecule has 1 heterocycles. The second kappa shape index (κ2) is 7.23. The van der Waals surface area contributed by atoms with Gasteiger partial charge in [0.1, 0.15) is 17.3 Å². The highest BCUT2D eigenvalue weighted by atomic mass is 19.1. The SMILES string of the molecule is Fc1ccc(Oc2ccc3ncn(CCOC4CCCC4)c3c2)cc1. The first-order chi connectivity index (χ1) is 12.3. The minimum Gasteiger partial charge on any atom is -0.457 e. The lowest BCUT2D eigenvalue weighted by Gasteiger charge is -2.12. The van der Waals surface area contributed by atoms with Gasteiger partial charge in [0.2, 0.25) is 0 Å². The van der Waals surface area contributed by atoms with Gasteiger partial charge in [-0.3, -0.25) is 0 Å². The molecule has 25 heavy (non-hydrogen) atoms. The monoisotopic (exact) mass is 340 g/mol. The van der Waals surface area contributed by atoms with Crippen LogP contribution in [0, 0.1) is 5.82 Å². The predicted molar refractivity (Wildman–Crippen MR) is 94.4 cm³/mol. The zero-order valence-electron chi connectivity index (χ0n) is 14.0. The minimum atomic E-state index is -0.275. The number of halogens is 1.